The van der Waals surface area contributed by atoms with Crippen LogP contribution < -0.4 is 10.9 Å². The van der Waals surface area contributed by atoms with Gasteiger partial charge in [0.05, 0.1) is 6.20 Å². The summed E-state index contributed by atoms with van der Waals surface area (Å²) in [5.41, 5.74) is 4.73. The van der Waals surface area contributed by atoms with E-state index in [4.69, 9.17) is 0 Å². The van der Waals surface area contributed by atoms with E-state index in [1.165, 1.54) is 12.1 Å². The van der Waals surface area contributed by atoms with Crippen LogP contribution in [0.2, 0.25) is 0 Å². The highest BCUT2D eigenvalue weighted by Crippen LogP contribution is 2.19. The van der Waals surface area contributed by atoms with Gasteiger partial charge in [-0.1, -0.05) is 20.8 Å². The Morgan fingerprint density at radius 1 is 1.50 bits per heavy atom. The molecule has 2 N–H and O–H groups in total. The van der Waals surface area contributed by atoms with Gasteiger partial charge in [0.15, 0.2) is 0 Å². The largest absolute Gasteiger partial charge is 0.282 e. The van der Waals surface area contributed by atoms with E-state index < -0.39 is 11.2 Å². The molecule has 0 radical (unpaired) electrons. The maximum Gasteiger partial charge on any atom is 0.243 e. The van der Waals surface area contributed by atoms with Gasteiger partial charge in [0.1, 0.15) is 11.6 Å². The van der Waals surface area contributed by atoms with Crippen molar-refractivity contribution in [3.63, 3.8) is 0 Å². The highest BCUT2D eigenvalue weighted by Gasteiger charge is 2.24. The molecule has 1 heterocycles. The second-order valence-electron chi connectivity index (χ2n) is 4.18. The lowest BCUT2D eigenvalue weighted by Gasteiger charge is -2.21. The number of aromatic nitrogens is 1. The number of nitrogens with zero attached hydrogens (tertiary/aromatic N) is 1. The van der Waals surface area contributed by atoms with Gasteiger partial charge in [0, 0.05) is 5.41 Å². The Morgan fingerprint density at radius 2 is 2.19 bits per heavy atom. The molecule has 5 heteroatoms. The first-order chi connectivity index (χ1) is 7.45. The molecule has 0 spiro atoms. The zero-order valence-corrected chi connectivity index (χ0v) is 9.67. The number of hydrogen-bond donors (Lipinski definition) is 2. The van der Waals surface area contributed by atoms with Crippen LogP contribution in [0.15, 0.2) is 18.3 Å². The minimum atomic E-state index is -0.437. The molecular weight excluding hydrogens is 209 g/mol. The highest BCUT2D eigenvalue weighted by atomic mass is 19.1. The van der Waals surface area contributed by atoms with E-state index in [1.54, 1.807) is 0 Å². The number of pyridine rings is 1. The van der Waals surface area contributed by atoms with Crippen LogP contribution in [0.1, 0.15) is 27.2 Å². The maximum absolute atomic E-state index is 12.6. The van der Waals surface area contributed by atoms with Crippen LogP contribution in [0, 0.1) is 11.2 Å². The summed E-state index contributed by atoms with van der Waals surface area (Å²) >= 11 is 0. The average Bonchev–Trinajstić information content (AvgIpc) is 2.28. The fourth-order valence-electron chi connectivity index (χ4n) is 0.900. The molecule has 0 fully saturated rings. The Bertz CT molecular complexity index is 362. The van der Waals surface area contributed by atoms with Gasteiger partial charge in [0.2, 0.25) is 5.91 Å². The number of halogens is 1. The number of hydrogen-bond acceptors (Lipinski definition) is 3. The van der Waals surface area contributed by atoms with E-state index in [-0.39, 0.29) is 5.91 Å². The minimum Gasteiger partial charge on any atom is -0.282 e. The molecule has 1 rings (SSSR count). The van der Waals surface area contributed by atoms with Crippen molar-refractivity contribution in [2.75, 3.05) is 5.43 Å². The number of carbonyl (C=O) groups is 1. The van der Waals surface area contributed by atoms with Gasteiger partial charge in [-0.05, 0) is 18.6 Å². The van der Waals surface area contributed by atoms with Gasteiger partial charge in [-0.3, -0.25) is 15.6 Å². The molecule has 0 saturated heterocycles. The molecule has 1 aromatic heterocycles. The van der Waals surface area contributed by atoms with Crippen molar-refractivity contribution in [3.05, 3.63) is 24.1 Å². The smallest absolute Gasteiger partial charge is 0.243 e. The third kappa shape index (κ3) is 3.18. The second kappa shape index (κ2) is 4.92. The van der Waals surface area contributed by atoms with Crippen molar-refractivity contribution in [2.45, 2.75) is 27.2 Å². The van der Waals surface area contributed by atoms with Crippen LogP contribution in [0.3, 0.4) is 0 Å². The summed E-state index contributed by atoms with van der Waals surface area (Å²) in [6.07, 6.45) is 1.82. The van der Waals surface area contributed by atoms with E-state index in [9.17, 15) is 9.18 Å². The molecule has 0 saturated carbocycles. The predicted octanol–water partition coefficient (Wildman–Crippen LogP) is 2.10. The number of hydrazine groups is 1. The number of anilines is 1. The van der Waals surface area contributed by atoms with Crippen LogP contribution in [0.25, 0.3) is 0 Å². The van der Waals surface area contributed by atoms with Crippen molar-refractivity contribution in [3.8, 4) is 0 Å². The summed E-state index contributed by atoms with van der Waals surface area (Å²) in [5, 5.41) is 0. The Morgan fingerprint density at radius 3 is 2.69 bits per heavy atom. The van der Waals surface area contributed by atoms with Crippen LogP contribution in [0.4, 0.5) is 10.2 Å². The maximum atomic E-state index is 12.6. The highest BCUT2D eigenvalue weighted by molar-refractivity contribution is 5.82. The van der Waals surface area contributed by atoms with Crippen LogP contribution >= 0.6 is 0 Å². The first-order valence-electron chi connectivity index (χ1n) is 5.13. The van der Waals surface area contributed by atoms with E-state index in [0.29, 0.717) is 5.82 Å². The molecule has 0 aliphatic carbocycles. The lowest BCUT2D eigenvalue weighted by Crippen LogP contribution is -2.39. The van der Waals surface area contributed by atoms with E-state index in [1.807, 2.05) is 20.8 Å². The minimum absolute atomic E-state index is 0.124. The molecule has 0 unspecified atom stereocenters. The predicted molar refractivity (Wildman–Crippen MR) is 60.0 cm³/mol. The monoisotopic (exact) mass is 225 g/mol. The van der Waals surface area contributed by atoms with E-state index >= 15 is 0 Å². The first kappa shape index (κ1) is 12.4. The normalized spacial score (nSPS) is 11.0. The van der Waals surface area contributed by atoms with Crippen LogP contribution in [-0.4, -0.2) is 10.9 Å². The van der Waals surface area contributed by atoms with Crippen molar-refractivity contribution in [1.29, 1.82) is 0 Å². The van der Waals surface area contributed by atoms with Crippen molar-refractivity contribution in [1.82, 2.24) is 10.4 Å². The molecule has 0 bridgehead atoms. The summed E-state index contributed by atoms with van der Waals surface area (Å²) in [7, 11) is 0. The van der Waals surface area contributed by atoms with Crippen LogP contribution in [-0.2, 0) is 4.79 Å². The SMILES string of the molecule is CCC(C)(C)C(=O)NNc1ccc(F)cn1. The first-order valence-corrected chi connectivity index (χ1v) is 5.13. The molecule has 1 aromatic rings. The molecule has 4 nitrogen and oxygen atoms in total. The molecule has 0 aliphatic rings. The third-order valence-corrected chi connectivity index (χ3v) is 2.53. The van der Waals surface area contributed by atoms with Crippen molar-refractivity contribution < 1.29 is 9.18 Å². The van der Waals surface area contributed by atoms with E-state index in [2.05, 4.69) is 15.8 Å². The number of amides is 1. The molecule has 1 amide bonds. The van der Waals surface area contributed by atoms with Gasteiger partial charge in [0.25, 0.3) is 0 Å². The quantitative estimate of drug-likeness (QED) is 0.771. The topological polar surface area (TPSA) is 54.0 Å². The molecule has 88 valence electrons. The zero-order chi connectivity index (χ0) is 12.2. The van der Waals surface area contributed by atoms with Gasteiger partial charge < -0.3 is 0 Å². The van der Waals surface area contributed by atoms with Gasteiger partial charge in [-0.15, -0.1) is 0 Å². The fraction of sp³-hybridized carbons (Fsp3) is 0.455. The molecule has 0 aliphatic heterocycles. The lowest BCUT2D eigenvalue weighted by molar-refractivity contribution is -0.128. The van der Waals surface area contributed by atoms with Crippen molar-refractivity contribution >= 4 is 11.7 Å². The Labute approximate surface area is 94.2 Å². The Balaban J connectivity index is 2.52. The standard InChI is InChI=1S/C11H16FN3O/c1-4-11(2,3)10(16)15-14-9-6-5-8(12)7-13-9/h5-7H,4H2,1-3H3,(H,13,14)(H,15,16). The Kier molecular flexibility index (Phi) is 3.82. The summed E-state index contributed by atoms with van der Waals surface area (Å²) < 4.78 is 12.6. The van der Waals surface area contributed by atoms with Crippen molar-refractivity contribution in [2.24, 2.45) is 5.41 Å². The zero-order valence-electron chi connectivity index (χ0n) is 9.67. The molecule has 0 aromatic carbocycles. The summed E-state index contributed by atoms with van der Waals surface area (Å²) in [6.45, 7) is 5.64. The number of nitrogens with one attached hydrogen (secondary N) is 2. The molecular formula is C11H16FN3O. The molecule has 16 heavy (non-hydrogen) atoms. The summed E-state index contributed by atoms with van der Waals surface area (Å²) in [5.74, 6) is -0.131. The summed E-state index contributed by atoms with van der Waals surface area (Å²) in [6, 6.07) is 2.72. The average molecular weight is 225 g/mol. The lowest BCUT2D eigenvalue weighted by atomic mass is 9.90. The Hall–Kier alpha value is -1.65. The van der Waals surface area contributed by atoms with Gasteiger partial charge in [-0.2, -0.15) is 0 Å². The van der Waals surface area contributed by atoms with Gasteiger partial charge in [-0.25, -0.2) is 9.37 Å². The van der Waals surface area contributed by atoms with Gasteiger partial charge >= 0.3 is 0 Å². The van der Waals surface area contributed by atoms with E-state index in [0.717, 1.165) is 12.6 Å². The fourth-order valence-corrected chi connectivity index (χ4v) is 0.900. The molecule has 0 atom stereocenters. The number of carbonyl (C=O) groups excluding carboxylic acids is 1. The second-order valence-corrected chi connectivity index (χ2v) is 4.18. The number of rotatable bonds is 4. The summed E-state index contributed by atoms with van der Waals surface area (Å²) in [4.78, 5) is 15.4. The third-order valence-electron chi connectivity index (χ3n) is 2.53. The van der Waals surface area contributed by atoms with Crippen LogP contribution in [0.5, 0.6) is 0 Å².